The summed E-state index contributed by atoms with van der Waals surface area (Å²) in [6.45, 7) is 0.731. The maximum atomic E-state index is 13.5. The molecule has 3 rings (SSSR count). The Morgan fingerprint density at radius 3 is 2.55 bits per heavy atom. The quantitative estimate of drug-likeness (QED) is 0.833. The fourth-order valence-corrected chi connectivity index (χ4v) is 2.66. The van der Waals surface area contributed by atoms with E-state index in [1.165, 1.54) is 25.0 Å². The summed E-state index contributed by atoms with van der Waals surface area (Å²) < 4.78 is 13.5. The predicted octanol–water partition coefficient (Wildman–Crippen LogP) is 5.05. The van der Waals surface area contributed by atoms with Crippen LogP contribution in [-0.2, 0) is 6.54 Å². The van der Waals surface area contributed by atoms with Crippen molar-refractivity contribution < 1.29 is 4.39 Å². The molecule has 0 atom stereocenters. The number of hydrogen-bond donors (Lipinski definition) is 1. The Morgan fingerprint density at radius 2 is 1.85 bits per heavy atom. The second-order valence-corrected chi connectivity index (χ2v) is 5.99. The first-order valence-electron chi connectivity index (χ1n) is 6.60. The minimum atomic E-state index is -0.330. The molecule has 0 bridgehead atoms. The van der Waals surface area contributed by atoms with Gasteiger partial charge in [-0.2, -0.15) is 0 Å². The van der Waals surface area contributed by atoms with Crippen LogP contribution >= 0.6 is 23.2 Å². The van der Waals surface area contributed by atoms with Gasteiger partial charge in [0.1, 0.15) is 5.82 Å². The maximum absolute atomic E-state index is 13.5. The molecular weight excluding hydrogens is 296 g/mol. The third kappa shape index (κ3) is 3.32. The first-order valence-corrected chi connectivity index (χ1v) is 7.36. The van der Waals surface area contributed by atoms with Crippen molar-refractivity contribution in [1.29, 1.82) is 0 Å². The molecule has 4 heteroatoms. The fraction of sp³-hybridized carbons (Fsp3) is 0.250. The van der Waals surface area contributed by atoms with Crippen LogP contribution in [0.1, 0.15) is 18.4 Å². The Bertz CT molecular complexity index is 618. The molecule has 1 saturated carbocycles. The first-order chi connectivity index (χ1) is 9.61. The summed E-state index contributed by atoms with van der Waals surface area (Å²) in [5.41, 5.74) is 2.80. The Labute approximate surface area is 127 Å². The Morgan fingerprint density at radius 1 is 1.05 bits per heavy atom. The standard InChI is InChI=1S/C16H14Cl2FN/c17-12-1-4-16(10-5-13(18)8-14(19)7-10)11(6-12)9-20-15-2-3-15/h1,4-8,15,20H,2-3,9H2. The van der Waals surface area contributed by atoms with Crippen molar-refractivity contribution in [2.75, 3.05) is 0 Å². The van der Waals surface area contributed by atoms with Crippen LogP contribution in [0.2, 0.25) is 10.0 Å². The van der Waals surface area contributed by atoms with Crippen molar-refractivity contribution in [2.24, 2.45) is 0 Å². The van der Waals surface area contributed by atoms with Gasteiger partial charge in [-0.1, -0.05) is 29.3 Å². The van der Waals surface area contributed by atoms with Crippen molar-refractivity contribution in [3.63, 3.8) is 0 Å². The third-order valence-electron chi connectivity index (χ3n) is 3.40. The molecule has 1 aliphatic carbocycles. The van der Waals surface area contributed by atoms with Crippen LogP contribution in [0.25, 0.3) is 11.1 Å². The minimum absolute atomic E-state index is 0.330. The molecule has 0 spiro atoms. The van der Waals surface area contributed by atoms with Crippen LogP contribution in [0.3, 0.4) is 0 Å². The highest BCUT2D eigenvalue weighted by Crippen LogP contribution is 2.30. The molecule has 2 aromatic carbocycles. The van der Waals surface area contributed by atoms with Gasteiger partial charge < -0.3 is 5.32 Å². The highest BCUT2D eigenvalue weighted by atomic mass is 35.5. The number of rotatable bonds is 4. The zero-order valence-corrected chi connectivity index (χ0v) is 12.3. The van der Waals surface area contributed by atoms with E-state index < -0.39 is 0 Å². The lowest BCUT2D eigenvalue weighted by Gasteiger charge is -2.12. The highest BCUT2D eigenvalue weighted by Gasteiger charge is 2.20. The topological polar surface area (TPSA) is 12.0 Å². The zero-order chi connectivity index (χ0) is 14.1. The average molecular weight is 310 g/mol. The van der Waals surface area contributed by atoms with Crippen molar-refractivity contribution >= 4 is 23.2 Å². The molecule has 0 unspecified atom stereocenters. The summed E-state index contributed by atoms with van der Waals surface area (Å²) in [7, 11) is 0. The molecular formula is C16H14Cl2FN. The molecule has 1 nitrogen and oxygen atoms in total. The van der Waals surface area contributed by atoms with E-state index >= 15 is 0 Å². The third-order valence-corrected chi connectivity index (χ3v) is 3.85. The molecule has 1 aliphatic rings. The predicted molar refractivity (Wildman–Crippen MR) is 81.7 cm³/mol. The maximum Gasteiger partial charge on any atom is 0.125 e. The summed E-state index contributed by atoms with van der Waals surface area (Å²) in [6, 6.07) is 10.8. The van der Waals surface area contributed by atoms with Crippen LogP contribution in [0.15, 0.2) is 36.4 Å². The van der Waals surface area contributed by atoms with E-state index in [0.29, 0.717) is 16.1 Å². The van der Waals surface area contributed by atoms with E-state index in [-0.39, 0.29) is 5.82 Å². The molecule has 104 valence electrons. The second-order valence-electron chi connectivity index (χ2n) is 5.11. The highest BCUT2D eigenvalue weighted by molar-refractivity contribution is 6.31. The SMILES string of the molecule is Fc1cc(Cl)cc(-c2ccc(Cl)cc2CNC2CC2)c1. The van der Waals surface area contributed by atoms with Gasteiger partial charge in [-0.05, 0) is 59.9 Å². The van der Waals surface area contributed by atoms with Crippen LogP contribution in [0.5, 0.6) is 0 Å². The monoisotopic (exact) mass is 309 g/mol. The van der Waals surface area contributed by atoms with E-state index in [1.807, 2.05) is 18.2 Å². The lowest BCUT2D eigenvalue weighted by atomic mass is 9.99. The van der Waals surface area contributed by atoms with E-state index in [0.717, 1.165) is 23.2 Å². The van der Waals surface area contributed by atoms with Crippen LogP contribution in [0, 0.1) is 5.82 Å². The molecule has 1 N–H and O–H groups in total. The summed E-state index contributed by atoms with van der Waals surface area (Å²) in [5.74, 6) is -0.330. The fourth-order valence-electron chi connectivity index (χ4n) is 2.24. The summed E-state index contributed by atoms with van der Waals surface area (Å²) >= 11 is 12.0. The van der Waals surface area contributed by atoms with Crippen molar-refractivity contribution in [2.45, 2.75) is 25.4 Å². The molecule has 0 aliphatic heterocycles. The van der Waals surface area contributed by atoms with Crippen molar-refractivity contribution in [1.82, 2.24) is 5.32 Å². The van der Waals surface area contributed by atoms with Gasteiger partial charge in [-0.3, -0.25) is 0 Å². The molecule has 20 heavy (non-hydrogen) atoms. The smallest absolute Gasteiger partial charge is 0.125 e. The number of nitrogens with one attached hydrogen (secondary N) is 1. The Balaban J connectivity index is 1.97. The van der Waals surface area contributed by atoms with Gasteiger partial charge in [0, 0.05) is 22.6 Å². The minimum Gasteiger partial charge on any atom is -0.310 e. The molecule has 0 amide bonds. The van der Waals surface area contributed by atoms with Gasteiger partial charge in [-0.15, -0.1) is 0 Å². The Hall–Kier alpha value is -1.09. The lowest BCUT2D eigenvalue weighted by molar-refractivity contribution is 0.628. The first kappa shape index (κ1) is 13.9. The van der Waals surface area contributed by atoms with Gasteiger partial charge in [0.05, 0.1) is 0 Å². The molecule has 0 saturated heterocycles. The Kier molecular flexibility index (Phi) is 3.97. The molecule has 0 heterocycles. The summed E-state index contributed by atoms with van der Waals surface area (Å²) in [4.78, 5) is 0. The normalized spacial score (nSPS) is 14.6. The number of benzene rings is 2. The van der Waals surface area contributed by atoms with Crippen LogP contribution in [-0.4, -0.2) is 6.04 Å². The van der Waals surface area contributed by atoms with E-state index in [2.05, 4.69) is 5.32 Å². The largest absolute Gasteiger partial charge is 0.310 e. The van der Waals surface area contributed by atoms with E-state index in [4.69, 9.17) is 23.2 Å². The van der Waals surface area contributed by atoms with Gasteiger partial charge in [-0.25, -0.2) is 4.39 Å². The second kappa shape index (κ2) is 5.72. The lowest BCUT2D eigenvalue weighted by Crippen LogP contribution is -2.15. The van der Waals surface area contributed by atoms with Crippen LogP contribution in [0.4, 0.5) is 4.39 Å². The van der Waals surface area contributed by atoms with Crippen molar-refractivity contribution in [3.05, 3.63) is 57.8 Å². The van der Waals surface area contributed by atoms with Crippen molar-refractivity contribution in [3.8, 4) is 11.1 Å². The number of hydrogen-bond acceptors (Lipinski definition) is 1. The summed E-state index contributed by atoms with van der Waals surface area (Å²) in [5, 5.41) is 4.54. The van der Waals surface area contributed by atoms with Gasteiger partial charge in [0.25, 0.3) is 0 Å². The zero-order valence-electron chi connectivity index (χ0n) is 10.8. The van der Waals surface area contributed by atoms with Crippen LogP contribution < -0.4 is 5.32 Å². The van der Waals surface area contributed by atoms with Gasteiger partial charge in [0.2, 0.25) is 0 Å². The van der Waals surface area contributed by atoms with Gasteiger partial charge in [0.15, 0.2) is 0 Å². The van der Waals surface area contributed by atoms with E-state index in [9.17, 15) is 4.39 Å². The molecule has 0 radical (unpaired) electrons. The molecule has 0 aromatic heterocycles. The average Bonchev–Trinajstić information content (AvgIpc) is 3.19. The van der Waals surface area contributed by atoms with E-state index in [1.54, 1.807) is 6.07 Å². The summed E-state index contributed by atoms with van der Waals surface area (Å²) in [6.07, 6.45) is 2.45. The number of halogens is 3. The molecule has 2 aromatic rings. The molecule has 1 fully saturated rings. The van der Waals surface area contributed by atoms with Gasteiger partial charge >= 0.3 is 0 Å².